The third-order valence-corrected chi connectivity index (χ3v) is 3.74. The lowest BCUT2D eigenvalue weighted by atomic mass is 10.00. The summed E-state index contributed by atoms with van der Waals surface area (Å²) in [6.45, 7) is 6.68. The number of halogens is 1. The van der Waals surface area contributed by atoms with Gasteiger partial charge in [-0.1, -0.05) is 26.0 Å². The van der Waals surface area contributed by atoms with Crippen molar-refractivity contribution >= 4 is 0 Å². The SMILES string of the molecule is Cc1cccc(OCC(O)CNC(c2ccc(F)cn2)C(C)C)c1. The van der Waals surface area contributed by atoms with Gasteiger partial charge in [-0.25, -0.2) is 4.39 Å². The molecule has 0 bridgehead atoms. The highest BCUT2D eigenvalue weighted by atomic mass is 19.1. The average Bonchev–Trinajstić information content (AvgIpc) is 2.54. The molecule has 1 heterocycles. The zero-order valence-corrected chi connectivity index (χ0v) is 14.4. The van der Waals surface area contributed by atoms with Crippen molar-refractivity contribution in [2.24, 2.45) is 5.92 Å². The molecule has 0 saturated heterocycles. The second-order valence-corrected chi connectivity index (χ2v) is 6.31. The molecule has 0 aliphatic rings. The van der Waals surface area contributed by atoms with E-state index in [1.807, 2.05) is 31.2 Å². The summed E-state index contributed by atoms with van der Waals surface area (Å²) in [7, 11) is 0. The van der Waals surface area contributed by atoms with Gasteiger partial charge >= 0.3 is 0 Å². The maximum absolute atomic E-state index is 13.0. The molecule has 5 heteroatoms. The van der Waals surface area contributed by atoms with Crippen molar-refractivity contribution in [1.82, 2.24) is 10.3 Å². The summed E-state index contributed by atoms with van der Waals surface area (Å²) in [5, 5.41) is 13.4. The van der Waals surface area contributed by atoms with Crippen LogP contribution in [-0.4, -0.2) is 29.3 Å². The minimum atomic E-state index is -0.646. The van der Waals surface area contributed by atoms with E-state index in [2.05, 4.69) is 24.1 Å². The van der Waals surface area contributed by atoms with E-state index in [-0.39, 0.29) is 24.4 Å². The number of nitrogens with one attached hydrogen (secondary N) is 1. The Morgan fingerprint density at radius 3 is 2.67 bits per heavy atom. The number of aromatic nitrogens is 1. The number of aryl methyl sites for hydroxylation is 1. The summed E-state index contributed by atoms with van der Waals surface area (Å²) in [5.74, 6) is 0.648. The molecule has 2 unspecified atom stereocenters. The first-order valence-corrected chi connectivity index (χ1v) is 8.18. The molecule has 2 rings (SSSR count). The molecule has 0 amide bonds. The first kappa shape index (κ1) is 18.4. The maximum Gasteiger partial charge on any atom is 0.141 e. The Kier molecular flexibility index (Phi) is 6.70. The smallest absolute Gasteiger partial charge is 0.141 e. The number of nitrogens with zero attached hydrogens (tertiary/aromatic N) is 1. The molecule has 0 aliphatic heterocycles. The Hall–Kier alpha value is -1.98. The summed E-state index contributed by atoms with van der Waals surface area (Å²) >= 11 is 0. The number of benzene rings is 1. The number of rotatable bonds is 8. The van der Waals surface area contributed by atoms with Crippen molar-refractivity contribution in [2.45, 2.75) is 32.9 Å². The molecule has 2 N–H and O–H groups in total. The summed E-state index contributed by atoms with van der Waals surface area (Å²) in [6.07, 6.45) is 0.566. The van der Waals surface area contributed by atoms with Crippen molar-refractivity contribution < 1.29 is 14.2 Å². The van der Waals surface area contributed by atoms with Crippen molar-refractivity contribution in [2.75, 3.05) is 13.2 Å². The van der Waals surface area contributed by atoms with Crippen LogP contribution in [0.4, 0.5) is 4.39 Å². The van der Waals surface area contributed by atoms with E-state index < -0.39 is 6.10 Å². The largest absolute Gasteiger partial charge is 0.491 e. The van der Waals surface area contributed by atoms with Crippen molar-refractivity contribution in [1.29, 1.82) is 0 Å². The quantitative estimate of drug-likeness (QED) is 0.779. The van der Waals surface area contributed by atoms with Crippen LogP contribution in [0.2, 0.25) is 0 Å². The van der Waals surface area contributed by atoms with Gasteiger partial charge in [0.05, 0.1) is 17.9 Å². The molecule has 2 atom stereocenters. The molecule has 0 saturated carbocycles. The van der Waals surface area contributed by atoms with E-state index in [1.165, 1.54) is 12.3 Å². The van der Waals surface area contributed by atoms with Gasteiger partial charge in [-0.15, -0.1) is 0 Å². The molecule has 0 aliphatic carbocycles. The number of pyridine rings is 1. The van der Waals surface area contributed by atoms with Crippen LogP contribution in [0.25, 0.3) is 0 Å². The van der Waals surface area contributed by atoms with Gasteiger partial charge in [0.25, 0.3) is 0 Å². The van der Waals surface area contributed by atoms with Crippen LogP contribution >= 0.6 is 0 Å². The molecule has 0 radical (unpaired) electrons. The van der Waals surface area contributed by atoms with E-state index >= 15 is 0 Å². The number of aliphatic hydroxyl groups is 1. The number of aliphatic hydroxyl groups excluding tert-OH is 1. The third kappa shape index (κ3) is 5.58. The number of ether oxygens (including phenoxy) is 1. The Balaban J connectivity index is 1.86. The van der Waals surface area contributed by atoms with Gasteiger partial charge in [-0.3, -0.25) is 4.98 Å². The monoisotopic (exact) mass is 332 g/mol. The van der Waals surface area contributed by atoms with Crippen LogP contribution < -0.4 is 10.1 Å². The first-order chi connectivity index (χ1) is 11.5. The fourth-order valence-corrected chi connectivity index (χ4v) is 2.47. The Labute approximate surface area is 142 Å². The highest BCUT2D eigenvalue weighted by Gasteiger charge is 2.18. The van der Waals surface area contributed by atoms with E-state index in [0.29, 0.717) is 6.54 Å². The normalized spacial score (nSPS) is 13.8. The van der Waals surface area contributed by atoms with Gasteiger partial charge in [0.2, 0.25) is 0 Å². The second-order valence-electron chi connectivity index (χ2n) is 6.31. The summed E-state index contributed by atoms with van der Waals surface area (Å²) in [4.78, 5) is 4.13. The molecular formula is C19H25FN2O2. The first-order valence-electron chi connectivity index (χ1n) is 8.18. The predicted octanol–water partition coefficient (Wildman–Crippen LogP) is 3.26. The Morgan fingerprint density at radius 2 is 2.04 bits per heavy atom. The molecule has 0 spiro atoms. The second kappa shape index (κ2) is 8.76. The molecular weight excluding hydrogens is 307 g/mol. The van der Waals surface area contributed by atoms with Gasteiger partial charge in [-0.05, 0) is 42.7 Å². The van der Waals surface area contributed by atoms with Gasteiger partial charge in [-0.2, -0.15) is 0 Å². The summed E-state index contributed by atoms with van der Waals surface area (Å²) in [6, 6.07) is 10.7. The fourth-order valence-electron chi connectivity index (χ4n) is 2.47. The molecule has 2 aromatic rings. The standard InChI is InChI=1S/C19H25FN2O2/c1-13(2)19(18-8-7-15(20)10-21-18)22-11-16(23)12-24-17-6-4-5-14(3)9-17/h4-10,13,16,19,22-23H,11-12H2,1-3H3. The van der Waals surface area contributed by atoms with Crippen LogP contribution in [0.1, 0.15) is 31.1 Å². The maximum atomic E-state index is 13.0. The zero-order valence-electron chi connectivity index (χ0n) is 14.4. The Bertz CT molecular complexity index is 632. The van der Waals surface area contributed by atoms with Gasteiger partial charge in [0.15, 0.2) is 0 Å². The molecule has 24 heavy (non-hydrogen) atoms. The fraction of sp³-hybridized carbons (Fsp3) is 0.421. The third-order valence-electron chi connectivity index (χ3n) is 3.74. The number of hydrogen-bond acceptors (Lipinski definition) is 4. The van der Waals surface area contributed by atoms with Crippen molar-refractivity contribution in [3.8, 4) is 5.75 Å². The minimum Gasteiger partial charge on any atom is -0.491 e. The minimum absolute atomic E-state index is 0.0563. The average molecular weight is 332 g/mol. The molecule has 130 valence electrons. The molecule has 1 aromatic heterocycles. The lowest BCUT2D eigenvalue weighted by molar-refractivity contribution is 0.101. The van der Waals surface area contributed by atoms with E-state index in [9.17, 15) is 9.50 Å². The van der Waals surface area contributed by atoms with Crippen LogP contribution in [0.3, 0.4) is 0 Å². The van der Waals surface area contributed by atoms with Crippen molar-refractivity contribution in [3.05, 3.63) is 59.7 Å². The highest BCUT2D eigenvalue weighted by Crippen LogP contribution is 2.20. The summed E-state index contributed by atoms with van der Waals surface area (Å²) in [5.41, 5.74) is 1.88. The molecule has 4 nitrogen and oxygen atoms in total. The molecule has 1 aromatic carbocycles. The topological polar surface area (TPSA) is 54.4 Å². The van der Waals surface area contributed by atoms with Crippen molar-refractivity contribution in [3.63, 3.8) is 0 Å². The van der Waals surface area contributed by atoms with Crippen LogP contribution in [0.5, 0.6) is 5.75 Å². The summed E-state index contributed by atoms with van der Waals surface area (Å²) < 4.78 is 18.6. The van der Waals surface area contributed by atoms with E-state index in [0.717, 1.165) is 17.0 Å². The van der Waals surface area contributed by atoms with Crippen LogP contribution in [0.15, 0.2) is 42.6 Å². The van der Waals surface area contributed by atoms with Crippen LogP contribution in [-0.2, 0) is 0 Å². The van der Waals surface area contributed by atoms with Gasteiger partial charge in [0.1, 0.15) is 24.3 Å². The number of hydrogen-bond donors (Lipinski definition) is 2. The van der Waals surface area contributed by atoms with E-state index in [4.69, 9.17) is 4.74 Å². The zero-order chi connectivity index (χ0) is 17.5. The van der Waals surface area contributed by atoms with E-state index in [1.54, 1.807) is 6.07 Å². The Morgan fingerprint density at radius 1 is 1.25 bits per heavy atom. The predicted molar refractivity (Wildman–Crippen MR) is 92.5 cm³/mol. The highest BCUT2D eigenvalue weighted by molar-refractivity contribution is 5.27. The van der Waals surface area contributed by atoms with Gasteiger partial charge < -0.3 is 15.2 Å². The lowest BCUT2D eigenvalue weighted by Crippen LogP contribution is -2.36. The molecule has 0 fully saturated rings. The van der Waals surface area contributed by atoms with Gasteiger partial charge in [0, 0.05) is 6.54 Å². The lowest BCUT2D eigenvalue weighted by Gasteiger charge is -2.23. The van der Waals surface area contributed by atoms with Crippen LogP contribution in [0, 0.1) is 18.7 Å².